The molecular weight excluding hydrogens is 417 g/mol. The highest BCUT2D eigenvalue weighted by Crippen LogP contribution is 2.33. The van der Waals surface area contributed by atoms with Gasteiger partial charge >= 0.3 is 5.97 Å². The van der Waals surface area contributed by atoms with Gasteiger partial charge in [-0.25, -0.2) is 4.79 Å². The van der Waals surface area contributed by atoms with Gasteiger partial charge in [0, 0.05) is 17.3 Å². The monoisotopic (exact) mass is 429 g/mol. The van der Waals surface area contributed by atoms with Crippen molar-refractivity contribution in [3.05, 3.63) is 57.0 Å². The van der Waals surface area contributed by atoms with Gasteiger partial charge in [0.25, 0.3) is 5.91 Å². The number of anilines is 1. The first kappa shape index (κ1) is 21.0. The Bertz CT molecular complexity index is 868. The van der Waals surface area contributed by atoms with E-state index in [0.717, 1.165) is 0 Å². The fourth-order valence-electron chi connectivity index (χ4n) is 1.92. The minimum Gasteiger partial charge on any atom is -0.480 e. The van der Waals surface area contributed by atoms with Gasteiger partial charge in [0.15, 0.2) is 19.0 Å². The van der Waals surface area contributed by atoms with Crippen LogP contribution in [0, 0.1) is 0 Å². The number of rotatable bonds is 7. The van der Waals surface area contributed by atoms with E-state index in [1.807, 2.05) is 0 Å². The molecule has 2 aromatic carbocycles. The quantitative estimate of drug-likeness (QED) is 0.400. The Kier molecular flexibility index (Phi) is 7.47. The van der Waals surface area contributed by atoms with Gasteiger partial charge in [-0.1, -0.05) is 34.8 Å². The number of carbonyl (C=O) groups is 3. The van der Waals surface area contributed by atoms with Gasteiger partial charge in [-0.3, -0.25) is 9.59 Å². The summed E-state index contributed by atoms with van der Waals surface area (Å²) in [4.78, 5) is 34.7. The van der Waals surface area contributed by atoms with Crippen LogP contribution in [0.4, 0.5) is 5.69 Å². The largest absolute Gasteiger partial charge is 0.480 e. The van der Waals surface area contributed by atoms with Gasteiger partial charge in [0.05, 0.1) is 15.1 Å². The highest BCUT2D eigenvalue weighted by Gasteiger charge is 2.12. The molecule has 0 unspecified atom stereocenters. The van der Waals surface area contributed by atoms with Crippen LogP contribution < -0.4 is 10.1 Å². The second-order valence-electron chi connectivity index (χ2n) is 5.33. The third kappa shape index (κ3) is 6.43. The van der Waals surface area contributed by atoms with Gasteiger partial charge in [-0.15, -0.1) is 0 Å². The normalized spacial score (nSPS) is 10.2. The van der Waals surface area contributed by atoms with E-state index in [2.05, 4.69) is 5.32 Å². The fraction of sp³-hybridized carbons (Fsp3) is 0.167. The number of hydrogen-bond acceptors (Lipinski definition) is 5. The molecule has 1 N–H and O–H groups in total. The number of benzene rings is 2. The predicted molar refractivity (Wildman–Crippen MR) is 103 cm³/mol. The van der Waals surface area contributed by atoms with E-state index in [0.29, 0.717) is 11.3 Å². The van der Waals surface area contributed by atoms with Crippen LogP contribution in [-0.2, 0) is 14.3 Å². The maximum atomic E-state index is 11.8. The Morgan fingerprint density at radius 3 is 2.19 bits per heavy atom. The molecule has 0 radical (unpaired) electrons. The highest BCUT2D eigenvalue weighted by atomic mass is 35.5. The van der Waals surface area contributed by atoms with Gasteiger partial charge in [-0.05, 0) is 37.3 Å². The maximum absolute atomic E-state index is 11.8. The average molecular weight is 431 g/mol. The van der Waals surface area contributed by atoms with Crippen molar-refractivity contribution in [2.45, 2.75) is 6.92 Å². The number of ether oxygens (including phenoxy) is 2. The van der Waals surface area contributed by atoms with E-state index in [1.54, 1.807) is 24.3 Å². The number of nitrogens with one attached hydrogen (secondary N) is 1. The lowest BCUT2D eigenvalue weighted by atomic mass is 10.1. The van der Waals surface area contributed by atoms with Gasteiger partial charge in [0.2, 0.25) is 0 Å². The molecule has 2 aromatic rings. The van der Waals surface area contributed by atoms with E-state index in [-0.39, 0.29) is 26.6 Å². The minimum atomic E-state index is -0.765. The zero-order valence-corrected chi connectivity index (χ0v) is 16.3. The summed E-state index contributed by atoms with van der Waals surface area (Å²) in [6, 6.07) is 9.07. The summed E-state index contributed by atoms with van der Waals surface area (Å²) in [6.45, 7) is 0.490. The molecule has 0 spiro atoms. The Labute approximate surface area is 170 Å². The lowest BCUT2D eigenvalue weighted by molar-refractivity contribution is -0.149. The van der Waals surface area contributed by atoms with E-state index in [4.69, 9.17) is 44.3 Å². The third-order valence-corrected chi connectivity index (χ3v) is 4.28. The van der Waals surface area contributed by atoms with Crippen LogP contribution in [-0.4, -0.2) is 30.9 Å². The van der Waals surface area contributed by atoms with E-state index in [9.17, 15) is 14.4 Å². The summed E-state index contributed by atoms with van der Waals surface area (Å²) in [5.74, 6) is -1.22. The Balaban J connectivity index is 1.78. The Morgan fingerprint density at radius 1 is 0.926 bits per heavy atom. The summed E-state index contributed by atoms with van der Waals surface area (Å²) in [5.41, 5.74) is 0.998. The fourth-order valence-corrected chi connectivity index (χ4v) is 2.52. The number of amides is 1. The van der Waals surface area contributed by atoms with Crippen LogP contribution in [0.3, 0.4) is 0 Å². The third-order valence-electron chi connectivity index (χ3n) is 3.26. The molecule has 0 heterocycles. The smallest absolute Gasteiger partial charge is 0.344 e. The van der Waals surface area contributed by atoms with Crippen molar-refractivity contribution >= 4 is 58.1 Å². The standard InChI is InChI=1S/C18H14Cl3NO5/c1-10(23)11-2-4-12(5-3-11)22-17(24)8-27-18(25)9-26-16-7-14(20)13(19)6-15(16)21/h2-7H,8-9H2,1H3,(H,22,24). The van der Waals surface area contributed by atoms with Gasteiger partial charge < -0.3 is 14.8 Å². The second-order valence-corrected chi connectivity index (χ2v) is 6.55. The molecule has 6 nitrogen and oxygen atoms in total. The van der Waals surface area contributed by atoms with Crippen LogP contribution >= 0.6 is 34.8 Å². The molecule has 1 amide bonds. The minimum absolute atomic E-state index is 0.0797. The van der Waals surface area contributed by atoms with E-state index < -0.39 is 25.1 Å². The first-order valence-corrected chi connectivity index (χ1v) is 8.73. The van der Waals surface area contributed by atoms with Crippen molar-refractivity contribution in [1.29, 1.82) is 0 Å². The lowest BCUT2D eigenvalue weighted by Crippen LogP contribution is -2.23. The molecule has 0 saturated carbocycles. The van der Waals surface area contributed by atoms with Crippen molar-refractivity contribution in [2.75, 3.05) is 18.5 Å². The average Bonchev–Trinajstić information content (AvgIpc) is 2.62. The second kappa shape index (κ2) is 9.60. The molecule has 9 heteroatoms. The first-order valence-electron chi connectivity index (χ1n) is 7.60. The summed E-state index contributed by atoms with van der Waals surface area (Å²) < 4.78 is 10.0. The van der Waals surface area contributed by atoms with Crippen LogP contribution in [0.25, 0.3) is 0 Å². The zero-order chi connectivity index (χ0) is 20.0. The zero-order valence-electron chi connectivity index (χ0n) is 14.1. The Morgan fingerprint density at radius 2 is 1.56 bits per heavy atom. The van der Waals surface area contributed by atoms with Gasteiger partial charge in [0.1, 0.15) is 5.75 Å². The van der Waals surface area contributed by atoms with Crippen molar-refractivity contribution < 1.29 is 23.9 Å². The molecule has 142 valence electrons. The molecule has 0 fully saturated rings. The number of esters is 1. The molecule has 27 heavy (non-hydrogen) atoms. The molecule has 0 aromatic heterocycles. The lowest BCUT2D eigenvalue weighted by Gasteiger charge is -2.10. The van der Waals surface area contributed by atoms with Crippen molar-refractivity contribution in [1.82, 2.24) is 0 Å². The topological polar surface area (TPSA) is 81.7 Å². The van der Waals surface area contributed by atoms with Crippen molar-refractivity contribution in [3.8, 4) is 5.75 Å². The van der Waals surface area contributed by atoms with E-state index >= 15 is 0 Å². The number of Topliss-reactive ketones (excluding diaryl/α,β-unsaturated/α-hetero) is 1. The molecule has 0 aliphatic carbocycles. The number of carbonyl (C=O) groups excluding carboxylic acids is 3. The number of hydrogen-bond donors (Lipinski definition) is 1. The highest BCUT2D eigenvalue weighted by molar-refractivity contribution is 6.43. The summed E-state index contributed by atoms with van der Waals surface area (Å²) in [6.07, 6.45) is 0. The number of halogens is 3. The maximum Gasteiger partial charge on any atom is 0.344 e. The molecule has 0 saturated heterocycles. The van der Waals surface area contributed by atoms with Crippen LogP contribution in [0.5, 0.6) is 5.75 Å². The summed E-state index contributed by atoms with van der Waals surface area (Å²) >= 11 is 17.6. The summed E-state index contributed by atoms with van der Waals surface area (Å²) in [5, 5.41) is 3.20. The molecule has 0 atom stereocenters. The molecule has 0 aliphatic heterocycles. The van der Waals surface area contributed by atoms with Crippen LogP contribution in [0.2, 0.25) is 15.1 Å². The van der Waals surface area contributed by atoms with Crippen molar-refractivity contribution in [3.63, 3.8) is 0 Å². The van der Waals surface area contributed by atoms with Crippen molar-refractivity contribution in [2.24, 2.45) is 0 Å². The number of ketones is 1. The molecule has 0 aliphatic rings. The SMILES string of the molecule is CC(=O)c1ccc(NC(=O)COC(=O)COc2cc(Cl)c(Cl)cc2Cl)cc1. The summed E-state index contributed by atoms with van der Waals surface area (Å²) in [7, 11) is 0. The molecular formula is C18H14Cl3NO5. The Hall–Kier alpha value is -2.28. The molecule has 0 bridgehead atoms. The van der Waals surface area contributed by atoms with Gasteiger partial charge in [-0.2, -0.15) is 0 Å². The first-order chi connectivity index (χ1) is 12.8. The van der Waals surface area contributed by atoms with E-state index in [1.165, 1.54) is 19.1 Å². The van der Waals surface area contributed by atoms with Crippen LogP contribution in [0.1, 0.15) is 17.3 Å². The predicted octanol–water partition coefficient (Wildman–Crippen LogP) is 4.41. The van der Waals surface area contributed by atoms with Crippen LogP contribution in [0.15, 0.2) is 36.4 Å². The molecule has 2 rings (SSSR count).